The number of ether oxygens (including phenoxy) is 2. The average molecular weight is 435 g/mol. The van der Waals surface area contributed by atoms with Crippen LogP contribution in [0.15, 0.2) is 54.3 Å². The fourth-order valence-electron chi connectivity index (χ4n) is 4.45. The second kappa shape index (κ2) is 9.47. The summed E-state index contributed by atoms with van der Waals surface area (Å²) in [6.45, 7) is 4.39. The van der Waals surface area contributed by atoms with Gasteiger partial charge in [-0.05, 0) is 54.2 Å². The zero-order valence-electron chi connectivity index (χ0n) is 18.8. The Balaban J connectivity index is 1.55. The summed E-state index contributed by atoms with van der Waals surface area (Å²) in [5.41, 5.74) is 1.41. The Labute approximate surface area is 189 Å². The highest BCUT2D eigenvalue weighted by Crippen LogP contribution is 2.36. The van der Waals surface area contributed by atoms with Crippen molar-refractivity contribution in [3.8, 4) is 11.5 Å². The van der Waals surface area contributed by atoms with Crippen LogP contribution in [0.2, 0.25) is 0 Å². The van der Waals surface area contributed by atoms with Gasteiger partial charge in [-0.2, -0.15) is 0 Å². The normalized spacial score (nSPS) is 24.0. The number of carbonyl (C=O) groups is 2. The standard InChI is InChI=1S/C26H30N2O4/c1-17-7-6-8-21(18(17)2)27-25(29)16-28-22-9-4-5-10-23(22)32-24(26(28)30)15-19-11-13-20(31-3)14-12-19/h4-5,9-15,17-18,21H,6-8,16H2,1-3H3,(H,27,29). The van der Waals surface area contributed by atoms with Gasteiger partial charge in [0.15, 0.2) is 11.5 Å². The van der Waals surface area contributed by atoms with Crippen molar-refractivity contribution >= 4 is 23.6 Å². The van der Waals surface area contributed by atoms with E-state index < -0.39 is 0 Å². The molecule has 0 radical (unpaired) electrons. The van der Waals surface area contributed by atoms with Gasteiger partial charge < -0.3 is 14.8 Å². The van der Waals surface area contributed by atoms with Crippen LogP contribution in [0.4, 0.5) is 5.69 Å². The van der Waals surface area contributed by atoms with Crippen molar-refractivity contribution in [3.05, 3.63) is 59.9 Å². The number of hydrogen-bond acceptors (Lipinski definition) is 4. The van der Waals surface area contributed by atoms with Crippen molar-refractivity contribution in [1.82, 2.24) is 5.32 Å². The lowest BCUT2D eigenvalue weighted by Gasteiger charge is -2.35. The van der Waals surface area contributed by atoms with Gasteiger partial charge in [0.05, 0.1) is 12.8 Å². The quantitative estimate of drug-likeness (QED) is 0.708. The minimum atomic E-state index is -0.334. The number of hydrogen-bond donors (Lipinski definition) is 1. The van der Waals surface area contributed by atoms with E-state index in [9.17, 15) is 9.59 Å². The highest BCUT2D eigenvalue weighted by atomic mass is 16.5. The molecule has 0 spiro atoms. The van der Waals surface area contributed by atoms with Gasteiger partial charge in [-0.15, -0.1) is 0 Å². The van der Waals surface area contributed by atoms with Crippen molar-refractivity contribution in [2.24, 2.45) is 11.8 Å². The molecule has 2 aliphatic rings. The van der Waals surface area contributed by atoms with Crippen LogP contribution in [0, 0.1) is 11.8 Å². The minimum Gasteiger partial charge on any atom is -0.497 e. The largest absolute Gasteiger partial charge is 0.497 e. The van der Waals surface area contributed by atoms with E-state index >= 15 is 0 Å². The maximum atomic E-state index is 13.3. The smallest absolute Gasteiger partial charge is 0.294 e. The predicted octanol–water partition coefficient (Wildman–Crippen LogP) is 4.40. The molecule has 1 N–H and O–H groups in total. The summed E-state index contributed by atoms with van der Waals surface area (Å²) in [5.74, 6) is 1.99. The first-order valence-electron chi connectivity index (χ1n) is 11.2. The monoisotopic (exact) mass is 434 g/mol. The molecule has 0 saturated heterocycles. The Morgan fingerprint density at radius 2 is 1.91 bits per heavy atom. The number of methoxy groups -OCH3 is 1. The third kappa shape index (κ3) is 4.64. The molecule has 3 atom stereocenters. The number of carbonyl (C=O) groups excluding carboxylic acids is 2. The van der Waals surface area contributed by atoms with E-state index in [2.05, 4.69) is 19.2 Å². The summed E-state index contributed by atoms with van der Waals surface area (Å²) in [7, 11) is 1.61. The van der Waals surface area contributed by atoms with Gasteiger partial charge in [0.2, 0.25) is 5.91 Å². The van der Waals surface area contributed by atoms with E-state index in [0.717, 1.165) is 24.2 Å². The molecule has 4 rings (SSSR count). The number of para-hydroxylation sites is 2. The van der Waals surface area contributed by atoms with E-state index in [1.54, 1.807) is 25.3 Å². The molecule has 2 amide bonds. The van der Waals surface area contributed by atoms with Gasteiger partial charge in [0.1, 0.15) is 12.3 Å². The van der Waals surface area contributed by atoms with Crippen LogP contribution in [-0.4, -0.2) is 31.5 Å². The highest BCUT2D eigenvalue weighted by Gasteiger charge is 2.33. The molecule has 2 aromatic carbocycles. The summed E-state index contributed by atoms with van der Waals surface area (Å²) in [6.07, 6.45) is 4.98. The molecule has 32 heavy (non-hydrogen) atoms. The van der Waals surface area contributed by atoms with Gasteiger partial charge in [-0.3, -0.25) is 14.5 Å². The van der Waals surface area contributed by atoms with Gasteiger partial charge in [0.25, 0.3) is 5.91 Å². The van der Waals surface area contributed by atoms with Crippen LogP contribution in [0.1, 0.15) is 38.7 Å². The molecule has 1 saturated carbocycles. The van der Waals surface area contributed by atoms with Crippen molar-refractivity contribution in [3.63, 3.8) is 0 Å². The first-order chi connectivity index (χ1) is 15.5. The van der Waals surface area contributed by atoms with Crippen molar-refractivity contribution in [2.45, 2.75) is 39.2 Å². The molecule has 0 bridgehead atoms. The summed E-state index contributed by atoms with van der Waals surface area (Å²) < 4.78 is 11.1. The zero-order chi connectivity index (χ0) is 22.7. The maximum Gasteiger partial charge on any atom is 0.294 e. The molecule has 6 heteroatoms. The third-order valence-electron chi connectivity index (χ3n) is 6.60. The summed E-state index contributed by atoms with van der Waals surface area (Å²) in [4.78, 5) is 27.7. The van der Waals surface area contributed by atoms with Crippen LogP contribution in [0.3, 0.4) is 0 Å². The van der Waals surface area contributed by atoms with Gasteiger partial charge >= 0.3 is 0 Å². The van der Waals surface area contributed by atoms with E-state index in [-0.39, 0.29) is 30.2 Å². The van der Waals surface area contributed by atoms with Crippen molar-refractivity contribution in [1.29, 1.82) is 0 Å². The zero-order valence-corrected chi connectivity index (χ0v) is 18.8. The SMILES string of the molecule is COc1ccc(C=C2Oc3ccccc3N(CC(=O)NC3CCCC(C)C3C)C2=O)cc1. The van der Waals surface area contributed by atoms with Crippen molar-refractivity contribution in [2.75, 3.05) is 18.6 Å². The molecule has 3 unspecified atom stereocenters. The van der Waals surface area contributed by atoms with Crippen LogP contribution >= 0.6 is 0 Å². The number of anilines is 1. The number of fused-ring (bicyclic) bond motifs is 1. The number of nitrogens with zero attached hydrogens (tertiary/aromatic N) is 1. The molecule has 2 aromatic rings. The predicted molar refractivity (Wildman–Crippen MR) is 125 cm³/mol. The second-order valence-corrected chi connectivity index (χ2v) is 8.68. The third-order valence-corrected chi connectivity index (χ3v) is 6.60. The van der Waals surface area contributed by atoms with Gasteiger partial charge in [-0.1, -0.05) is 51.0 Å². The fraction of sp³-hybridized carbons (Fsp3) is 0.385. The number of amides is 2. The molecule has 0 aromatic heterocycles. The summed E-state index contributed by atoms with van der Waals surface area (Å²) in [6, 6.07) is 14.8. The van der Waals surface area contributed by atoms with E-state index in [0.29, 0.717) is 23.3 Å². The fourth-order valence-corrected chi connectivity index (χ4v) is 4.45. The summed E-state index contributed by atoms with van der Waals surface area (Å²) in [5, 5.41) is 3.17. The Hall–Kier alpha value is -3.28. The van der Waals surface area contributed by atoms with E-state index in [4.69, 9.17) is 9.47 Å². The Bertz CT molecular complexity index is 1010. The van der Waals surface area contributed by atoms with Crippen LogP contribution < -0.4 is 19.7 Å². The topological polar surface area (TPSA) is 67.9 Å². The molecule has 1 aliphatic carbocycles. The Morgan fingerprint density at radius 1 is 1.16 bits per heavy atom. The van der Waals surface area contributed by atoms with Crippen molar-refractivity contribution < 1.29 is 19.1 Å². The molecule has 168 valence electrons. The number of benzene rings is 2. The van der Waals surface area contributed by atoms with Crippen LogP contribution in [0.5, 0.6) is 11.5 Å². The molecule has 1 fully saturated rings. The maximum absolute atomic E-state index is 13.3. The molecular formula is C26H30N2O4. The lowest BCUT2D eigenvalue weighted by Crippen LogP contribution is -2.49. The lowest BCUT2D eigenvalue weighted by atomic mass is 9.78. The lowest BCUT2D eigenvalue weighted by molar-refractivity contribution is -0.124. The molecule has 1 heterocycles. The van der Waals surface area contributed by atoms with Gasteiger partial charge in [-0.25, -0.2) is 0 Å². The Morgan fingerprint density at radius 3 is 2.66 bits per heavy atom. The van der Waals surface area contributed by atoms with E-state index in [1.165, 1.54) is 11.3 Å². The first-order valence-corrected chi connectivity index (χ1v) is 11.2. The second-order valence-electron chi connectivity index (χ2n) is 8.68. The highest BCUT2D eigenvalue weighted by molar-refractivity contribution is 6.12. The van der Waals surface area contributed by atoms with Crippen LogP contribution in [0.25, 0.3) is 6.08 Å². The molecule has 1 aliphatic heterocycles. The van der Waals surface area contributed by atoms with Gasteiger partial charge in [0, 0.05) is 6.04 Å². The number of rotatable bonds is 5. The first kappa shape index (κ1) is 21.9. The average Bonchev–Trinajstić information content (AvgIpc) is 2.80. The summed E-state index contributed by atoms with van der Waals surface area (Å²) >= 11 is 0. The molecule has 6 nitrogen and oxygen atoms in total. The molecular weight excluding hydrogens is 404 g/mol. The van der Waals surface area contributed by atoms with Crippen LogP contribution in [-0.2, 0) is 9.59 Å². The van der Waals surface area contributed by atoms with E-state index in [1.807, 2.05) is 36.4 Å². The Kier molecular flexibility index (Phi) is 6.49. The number of nitrogens with one attached hydrogen (secondary N) is 1. The minimum absolute atomic E-state index is 0.0449.